The van der Waals surface area contributed by atoms with Gasteiger partial charge < -0.3 is 14.8 Å². The summed E-state index contributed by atoms with van der Waals surface area (Å²) < 4.78 is 10.5. The minimum atomic E-state index is 0.164. The third-order valence-electron chi connectivity index (χ3n) is 3.01. The third kappa shape index (κ3) is 3.82. The zero-order valence-electron chi connectivity index (χ0n) is 10.6. The fraction of sp³-hybridized carbons (Fsp3) is 0.500. The molecular weight excluding hydrogens is 230 g/mol. The van der Waals surface area contributed by atoms with Gasteiger partial charge in [-0.2, -0.15) is 0 Å². The summed E-state index contributed by atoms with van der Waals surface area (Å²) >= 11 is 0. The molecule has 4 heteroatoms. The molecule has 1 saturated heterocycles. The lowest BCUT2D eigenvalue weighted by molar-refractivity contribution is -0.119. The molecule has 1 atom stereocenters. The molecule has 18 heavy (non-hydrogen) atoms. The van der Waals surface area contributed by atoms with Crippen LogP contribution in [0.5, 0.6) is 5.75 Å². The second-order valence-corrected chi connectivity index (χ2v) is 4.50. The van der Waals surface area contributed by atoms with Crippen LogP contribution in [-0.4, -0.2) is 38.7 Å². The van der Waals surface area contributed by atoms with E-state index >= 15 is 0 Å². The summed E-state index contributed by atoms with van der Waals surface area (Å²) in [6.07, 6.45) is 0.979. The summed E-state index contributed by atoms with van der Waals surface area (Å²) in [7, 11) is 1.63. The van der Waals surface area contributed by atoms with Crippen LogP contribution in [0.3, 0.4) is 0 Å². The summed E-state index contributed by atoms with van der Waals surface area (Å²) in [6.45, 7) is 2.20. The van der Waals surface area contributed by atoms with Crippen LogP contribution in [0, 0.1) is 0 Å². The fourth-order valence-corrected chi connectivity index (χ4v) is 2.11. The quantitative estimate of drug-likeness (QED) is 0.851. The topological polar surface area (TPSA) is 47.6 Å². The smallest absolute Gasteiger partial charge is 0.138 e. The van der Waals surface area contributed by atoms with Crippen molar-refractivity contribution in [3.05, 3.63) is 29.8 Å². The summed E-state index contributed by atoms with van der Waals surface area (Å²) in [4.78, 5) is 11.9. The van der Waals surface area contributed by atoms with Gasteiger partial charge >= 0.3 is 0 Å². The maximum atomic E-state index is 11.9. The second-order valence-electron chi connectivity index (χ2n) is 4.50. The van der Waals surface area contributed by atoms with Crippen molar-refractivity contribution in [3.63, 3.8) is 0 Å². The molecule has 1 heterocycles. The number of carbonyl (C=O) groups is 1. The number of methoxy groups -OCH3 is 1. The predicted molar refractivity (Wildman–Crippen MR) is 68.9 cm³/mol. The maximum Gasteiger partial charge on any atom is 0.138 e. The zero-order valence-corrected chi connectivity index (χ0v) is 10.6. The van der Waals surface area contributed by atoms with Crippen LogP contribution in [0.15, 0.2) is 24.3 Å². The number of ketones is 1. The molecular formula is C14H19NO3. The molecule has 0 aliphatic carbocycles. The van der Waals surface area contributed by atoms with Crippen molar-refractivity contribution < 1.29 is 14.3 Å². The molecule has 1 aromatic carbocycles. The third-order valence-corrected chi connectivity index (χ3v) is 3.01. The molecule has 1 aromatic rings. The Morgan fingerprint density at radius 3 is 3.17 bits per heavy atom. The van der Waals surface area contributed by atoms with E-state index in [1.165, 1.54) is 0 Å². The number of hydrogen-bond acceptors (Lipinski definition) is 4. The number of Topliss-reactive ketones (excluding diaryl/α,β-unsaturated/α-hetero) is 1. The predicted octanol–water partition coefficient (Wildman–Crippen LogP) is 1.19. The van der Waals surface area contributed by atoms with E-state index in [2.05, 4.69) is 5.32 Å². The summed E-state index contributed by atoms with van der Waals surface area (Å²) in [5.74, 6) is 1.02. The van der Waals surface area contributed by atoms with E-state index in [1.54, 1.807) is 7.11 Å². The molecule has 0 radical (unpaired) electrons. The summed E-state index contributed by atoms with van der Waals surface area (Å²) in [5.41, 5.74) is 0.996. The Hall–Kier alpha value is -1.39. The van der Waals surface area contributed by atoms with E-state index in [4.69, 9.17) is 9.47 Å². The first-order valence-corrected chi connectivity index (χ1v) is 6.23. The molecule has 0 aromatic heterocycles. The minimum absolute atomic E-state index is 0.164. The molecule has 98 valence electrons. The second kappa shape index (κ2) is 6.52. The number of ether oxygens (including phenoxy) is 2. The van der Waals surface area contributed by atoms with Crippen molar-refractivity contribution in [1.29, 1.82) is 0 Å². The van der Waals surface area contributed by atoms with Gasteiger partial charge in [0.25, 0.3) is 0 Å². The fourth-order valence-electron chi connectivity index (χ4n) is 2.11. The largest absolute Gasteiger partial charge is 0.497 e. The van der Waals surface area contributed by atoms with Crippen LogP contribution in [-0.2, 0) is 16.0 Å². The highest BCUT2D eigenvalue weighted by Gasteiger charge is 2.16. The average Bonchev–Trinajstić information content (AvgIpc) is 2.40. The van der Waals surface area contributed by atoms with E-state index in [0.717, 1.165) is 24.5 Å². The Morgan fingerprint density at radius 2 is 2.44 bits per heavy atom. The van der Waals surface area contributed by atoms with Gasteiger partial charge in [0.15, 0.2) is 0 Å². The Kier molecular flexibility index (Phi) is 4.73. The zero-order chi connectivity index (χ0) is 12.8. The van der Waals surface area contributed by atoms with Crippen LogP contribution < -0.4 is 10.1 Å². The highest BCUT2D eigenvalue weighted by atomic mass is 16.5. The monoisotopic (exact) mass is 249 g/mol. The van der Waals surface area contributed by atoms with Crippen molar-refractivity contribution in [1.82, 2.24) is 5.32 Å². The highest BCUT2D eigenvalue weighted by Crippen LogP contribution is 2.14. The molecule has 2 rings (SSSR count). The van der Waals surface area contributed by atoms with Crippen molar-refractivity contribution >= 4 is 5.78 Å². The van der Waals surface area contributed by atoms with Crippen LogP contribution in [0.2, 0.25) is 0 Å². The number of benzene rings is 1. The lowest BCUT2D eigenvalue weighted by atomic mass is 10.0. The highest BCUT2D eigenvalue weighted by molar-refractivity contribution is 5.81. The van der Waals surface area contributed by atoms with Gasteiger partial charge in [0.1, 0.15) is 11.5 Å². The first-order chi connectivity index (χ1) is 8.78. The van der Waals surface area contributed by atoms with Gasteiger partial charge in [-0.05, 0) is 17.7 Å². The molecule has 1 fully saturated rings. The van der Waals surface area contributed by atoms with Crippen molar-refractivity contribution in [2.75, 3.05) is 26.9 Å². The standard InChI is InChI=1S/C14H19NO3/c1-17-14-4-2-3-11(8-14)7-13(16)9-12-10-18-6-5-15-12/h2-4,8,12,15H,5-7,9-10H2,1H3. The molecule has 4 nitrogen and oxygen atoms in total. The molecule has 1 N–H and O–H groups in total. The Morgan fingerprint density at radius 1 is 1.56 bits per heavy atom. The summed E-state index contributed by atoms with van der Waals surface area (Å²) in [5, 5.41) is 3.29. The van der Waals surface area contributed by atoms with E-state index in [1.807, 2.05) is 24.3 Å². The van der Waals surface area contributed by atoms with Crippen molar-refractivity contribution in [2.45, 2.75) is 18.9 Å². The van der Waals surface area contributed by atoms with Gasteiger partial charge in [-0.1, -0.05) is 12.1 Å². The van der Waals surface area contributed by atoms with E-state index in [0.29, 0.717) is 19.4 Å². The molecule has 1 aliphatic rings. The van der Waals surface area contributed by atoms with Gasteiger partial charge in [-0.15, -0.1) is 0 Å². The van der Waals surface area contributed by atoms with Gasteiger partial charge in [-0.3, -0.25) is 4.79 Å². The van der Waals surface area contributed by atoms with E-state index < -0.39 is 0 Å². The van der Waals surface area contributed by atoms with Crippen molar-refractivity contribution in [2.24, 2.45) is 0 Å². The minimum Gasteiger partial charge on any atom is -0.497 e. The van der Waals surface area contributed by atoms with Crippen LogP contribution in [0.4, 0.5) is 0 Å². The molecule has 0 spiro atoms. The lowest BCUT2D eigenvalue weighted by Gasteiger charge is -2.23. The van der Waals surface area contributed by atoms with Crippen LogP contribution >= 0.6 is 0 Å². The number of nitrogens with one attached hydrogen (secondary N) is 1. The van der Waals surface area contributed by atoms with E-state index in [9.17, 15) is 4.79 Å². The molecule has 1 aliphatic heterocycles. The van der Waals surface area contributed by atoms with Crippen LogP contribution in [0.25, 0.3) is 0 Å². The Labute approximate surface area is 107 Å². The molecule has 1 unspecified atom stereocenters. The molecule has 0 bridgehead atoms. The lowest BCUT2D eigenvalue weighted by Crippen LogP contribution is -2.42. The van der Waals surface area contributed by atoms with Gasteiger partial charge in [-0.25, -0.2) is 0 Å². The van der Waals surface area contributed by atoms with E-state index in [-0.39, 0.29) is 11.8 Å². The first-order valence-electron chi connectivity index (χ1n) is 6.23. The van der Waals surface area contributed by atoms with Crippen LogP contribution in [0.1, 0.15) is 12.0 Å². The summed E-state index contributed by atoms with van der Waals surface area (Å²) in [6, 6.07) is 7.80. The molecule has 0 saturated carbocycles. The number of carbonyl (C=O) groups excluding carboxylic acids is 1. The Balaban J connectivity index is 1.85. The van der Waals surface area contributed by atoms with Gasteiger partial charge in [0.05, 0.1) is 20.3 Å². The number of hydrogen-bond donors (Lipinski definition) is 1. The SMILES string of the molecule is COc1cccc(CC(=O)CC2COCCN2)c1. The maximum absolute atomic E-state index is 11.9. The Bertz CT molecular complexity index is 400. The van der Waals surface area contributed by atoms with Gasteiger partial charge in [0.2, 0.25) is 0 Å². The number of rotatable bonds is 5. The van der Waals surface area contributed by atoms with Gasteiger partial charge in [0, 0.05) is 25.4 Å². The van der Waals surface area contributed by atoms with Crippen molar-refractivity contribution in [3.8, 4) is 5.75 Å². The normalized spacial score (nSPS) is 19.5. The molecule has 0 amide bonds. The first kappa shape index (κ1) is 13.1. The number of morpholine rings is 1. The average molecular weight is 249 g/mol.